The van der Waals surface area contributed by atoms with E-state index in [1.54, 1.807) is 0 Å². The maximum Gasteiger partial charge on any atom is 0.303 e. The number of nitrogens with zero attached hydrogens (tertiary/aromatic N) is 2. The number of carbonyl (C=O) groups is 6. The van der Waals surface area contributed by atoms with Gasteiger partial charge < -0.3 is 32.1 Å². The maximum absolute atomic E-state index is 14.2. The fourth-order valence-corrected chi connectivity index (χ4v) is 8.15. The molecule has 2 aromatic rings. The predicted octanol–water partition coefficient (Wildman–Crippen LogP) is 3.26. The molecule has 3 amide bonds. The Balaban J connectivity index is 1.42. The van der Waals surface area contributed by atoms with E-state index in [4.69, 9.17) is 16.6 Å². The van der Waals surface area contributed by atoms with Crippen LogP contribution in [-0.2, 0) is 41.6 Å². The number of nitrogens with two attached hydrogens (primary N) is 2. The Labute approximate surface area is 337 Å². The number of rotatable bonds is 25. The first kappa shape index (κ1) is 45.2. The van der Waals surface area contributed by atoms with Gasteiger partial charge in [-0.25, -0.2) is 0 Å². The molecule has 2 heterocycles. The SMILES string of the molecule is CC(C)CC(CC(=O)C(Cc1ccccc1)NC(=O)C(N)Cc1ccccc1)C(=O)NC(CCCCN)C(=O)N1C2CC1CN(CC(=O)CC(C)CCC(=O)O)C2. The summed E-state index contributed by atoms with van der Waals surface area (Å²) in [4.78, 5) is 83.5. The van der Waals surface area contributed by atoms with Crippen LogP contribution in [0.3, 0.4) is 0 Å². The first-order valence-electron chi connectivity index (χ1n) is 20.7. The third-order valence-corrected chi connectivity index (χ3v) is 11.1. The number of piperidine rings is 1. The molecule has 2 aromatic carbocycles. The van der Waals surface area contributed by atoms with Crippen molar-refractivity contribution < 1.29 is 33.9 Å². The monoisotopic (exact) mass is 788 g/mol. The van der Waals surface area contributed by atoms with Crippen LogP contribution in [0.25, 0.3) is 0 Å². The average molecular weight is 789 g/mol. The highest BCUT2D eigenvalue weighted by atomic mass is 16.4. The molecule has 0 spiro atoms. The zero-order valence-electron chi connectivity index (χ0n) is 33.9. The van der Waals surface area contributed by atoms with Crippen LogP contribution >= 0.6 is 0 Å². The summed E-state index contributed by atoms with van der Waals surface area (Å²) in [5.41, 5.74) is 13.9. The van der Waals surface area contributed by atoms with Crippen molar-refractivity contribution in [2.45, 2.75) is 122 Å². The Morgan fingerprint density at radius 3 is 1.96 bits per heavy atom. The standard InChI is InChI=1S/C44H64N6O7/c1-29(2)20-33(24-40(52)39(23-32-14-8-5-9-15-32)48-43(56)37(46)22-31-12-6-4-7-13-31)42(55)47-38(16-10-11-19-45)44(57)50-34-25-35(50)27-49(26-34)28-36(51)21-30(3)17-18-41(53)54/h4-9,12-15,29-30,33-35,37-39H,10-11,16-28,45-46H2,1-3H3,(H,47,55)(H,48,56)(H,53,54). The number of amides is 3. The van der Waals surface area contributed by atoms with Gasteiger partial charge in [-0.1, -0.05) is 81.4 Å². The molecule has 13 nitrogen and oxygen atoms in total. The number of hydrogen-bond acceptors (Lipinski definition) is 9. The van der Waals surface area contributed by atoms with Crippen LogP contribution < -0.4 is 22.1 Å². The topological polar surface area (TPSA) is 205 Å². The number of aliphatic carboxylic acids is 1. The molecule has 0 aliphatic carbocycles. The van der Waals surface area contributed by atoms with Gasteiger partial charge in [0.05, 0.1) is 18.6 Å². The lowest BCUT2D eigenvalue weighted by Crippen LogP contribution is -2.72. The minimum atomic E-state index is -0.908. The molecular weight excluding hydrogens is 725 g/mol. The molecule has 0 aromatic heterocycles. The lowest BCUT2D eigenvalue weighted by atomic mass is 9.85. The summed E-state index contributed by atoms with van der Waals surface area (Å²) in [5, 5.41) is 14.9. The molecule has 2 bridgehead atoms. The summed E-state index contributed by atoms with van der Waals surface area (Å²) in [7, 11) is 0. The minimum absolute atomic E-state index is 0.0181. The number of benzene rings is 2. The molecule has 7 N–H and O–H groups in total. The number of unbranched alkanes of at least 4 members (excludes halogenated alkanes) is 1. The quantitative estimate of drug-likeness (QED) is 0.0930. The van der Waals surface area contributed by atoms with Crippen LogP contribution in [0, 0.1) is 17.8 Å². The van der Waals surface area contributed by atoms with Crippen LogP contribution in [0.4, 0.5) is 0 Å². The molecule has 2 fully saturated rings. The zero-order chi connectivity index (χ0) is 41.5. The smallest absolute Gasteiger partial charge is 0.303 e. The number of piperazine rings is 1. The van der Waals surface area contributed by atoms with Crippen molar-refractivity contribution in [1.29, 1.82) is 0 Å². The van der Waals surface area contributed by atoms with Gasteiger partial charge in [-0.2, -0.15) is 0 Å². The molecule has 7 unspecified atom stereocenters. The second-order valence-corrected chi connectivity index (χ2v) is 16.7. The highest BCUT2D eigenvalue weighted by Gasteiger charge is 2.49. The number of carboxylic acid groups (broad SMARTS) is 1. The van der Waals surface area contributed by atoms with Gasteiger partial charge in [0.25, 0.3) is 0 Å². The van der Waals surface area contributed by atoms with Crippen LogP contribution in [0.2, 0.25) is 0 Å². The summed E-state index contributed by atoms with van der Waals surface area (Å²) < 4.78 is 0. The Morgan fingerprint density at radius 2 is 1.39 bits per heavy atom. The van der Waals surface area contributed by atoms with Gasteiger partial charge in [-0.15, -0.1) is 0 Å². The molecular formula is C44H64N6O7. The normalized spacial score (nSPS) is 19.1. The molecule has 0 radical (unpaired) electrons. The third-order valence-electron chi connectivity index (χ3n) is 11.1. The number of nitrogens with one attached hydrogen (secondary N) is 2. The molecule has 2 saturated heterocycles. The number of hydrogen-bond donors (Lipinski definition) is 5. The predicted molar refractivity (Wildman–Crippen MR) is 219 cm³/mol. The number of ketones is 2. The van der Waals surface area contributed by atoms with Crippen LogP contribution in [0.15, 0.2) is 60.7 Å². The summed E-state index contributed by atoms with van der Waals surface area (Å²) in [6.07, 6.45) is 4.20. The van der Waals surface area contributed by atoms with E-state index in [1.807, 2.05) is 86.3 Å². The largest absolute Gasteiger partial charge is 0.481 e. The fourth-order valence-electron chi connectivity index (χ4n) is 8.15. The first-order chi connectivity index (χ1) is 27.2. The summed E-state index contributed by atoms with van der Waals surface area (Å²) >= 11 is 0. The Kier molecular flexibility index (Phi) is 17.8. The molecule has 4 rings (SSSR count). The van der Waals surface area contributed by atoms with Crippen molar-refractivity contribution in [2.24, 2.45) is 29.2 Å². The molecule has 13 heteroatoms. The highest BCUT2D eigenvalue weighted by Crippen LogP contribution is 2.33. The van der Waals surface area contributed by atoms with Crippen molar-refractivity contribution in [1.82, 2.24) is 20.4 Å². The minimum Gasteiger partial charge on any atom is -0.481 e. The highest BCUT2D eigenvalue weighted by molar-refractivity contribution is 5.95. The fraction of sp³-hybridized carbons (Fsp3) is 0.591. The van der Waals surface area contributed by atoms with E-state index >= 15 is 0 Å². The van der Waals surface area contributed by atoms with Crippen LogP contribution in [-0.4, -0.2) is 107 Å². The summed E-state index contributed by atoms with van der Waals surface area (Å²) in [6, 6.07) is 16.1. The second kappa shape index (κ2) is 22.5. The number of carbonyl (C=O) groups excluding carboxylic acids is 5. The Bertz CT molecular complexity index is 1630. The van der Waals surface area contributed by atoms with E-state index in [-0.39, 0.29) is 73.1 Å². The van der Waals surface area contributed by atoms with E-state index in [0.29, 0.717) is 64.6 Å². The molecule has 0 saturated carbocycles. The van der Waals surface area contributed by atoms with Gasteiger partial charge >= 0.3 is 5.97 Å². The van der Waals surface area contributed by atoms with E-state index in [0.717, 1.165) is 17.5 Å². The second-order valence-electron chi connectivity index (χ2n) is 16.7. The average Bonchev–Trinajstić information content (AvgIpc) is 3.16. The third kappa shape index (κ3) is 14.5. The van der Waals surface area contributed by atoms with Gasteiger partial charge in [0.2, 0.25) is 17.7 Å². The molecule has 57 heavy (non-hydrogen) atoms. The van der Waals surface area contributed by atoms with Crippen molar-refractivity contribution in [2.75, 3.05) is 26.2 Å². The molecule has 7 atom stereocenters. The first-order valence-corrected chi connectivity index (χ1v) is 20.7. The maximum atomic E-state index is 14.2. The summed E-state index contributed by atoms with van der Waals surface area (Å²) in [5.74, 6) is -2.75. The van der Waals surface area contributed by atoms with Crippen molar-refractivity contribution in [3.63, 3.8) is 0 Å². The zero-order valence-corrected chi connectivity index (χ0v) is 33.9. The lowest BCUT2D eigenvalue weighted by molar-refractivity contribution is -0.158. The van der Waals surface area contributed by atoms with Crippen molar-refractivity contribution in [3.8, 4) is 0 Å². The number of Topliss-reactive ketones (excluding diaryl/α,β-unsaturated/α-hetero) is 2. The van der Waals surface area contributed by atoms with Crippen LogP contribution in [0.5, 0.6) is 0 Å². The molecule has 2 aliphatic heterocycles. The van der Waals surface area contributed by atoms with Gasteiger partial charge in [0.1, 0.15) is 11.8 Å². The van der Waals surface area contributed by atoms with E-state index in [1.165, 1.54) is 0 Å². The van der Waals surface area contributed by atoms with Gasteiger partial charge in [0, 0.05) is 50.4 Å². The number of carboxylic acids is 1. The van der Waals surface area contributed by atoms with Gasteiger partial charge in [-0.05, 0) is 80.9 Å². The van der Waals surface area contributed by atoms with Crippen molar-refractivity contribution >= 4 is 35.3 Å². The Morgan fingerprint density at radius 1 is 0.789 bits per heavy atom. The van der Waals surface area contributed by atoms with Crippen LogP contribution in [0.1, 0.15) is 89.7 Å². The molecule has 312 valence electrons. The van der Waals surface area contributed by atoms with Gasteiger partial charge in [-0.3, -0.25) is 33.7 Å². The van der Waals surface area contributed by atoms with Crippen molar-refractivity contribution in [3.05, 3.63) is 71.8 Å². The van der Waals surface area contributed by atoms with E-state index in [2.05, 4.69) is 15.5 Å². The van der Waals surface area contributed by atoms with E-state index < -0.39 is 35.9 Å². The molecule has 2 aliphatic rings. The Hall–Kier alpha value is -4.46. The number of fused-ring (bicyclic) bond motifs is 2. The lowest BCUT2D eigenvalue weighted by Gasteiger charge is -2.57. The van der Waals surface area contributed by atoms with E-state index in [9.17, 15) is 28.8 Å². The summed E-state index contributed by atoms with van der Waals surface area (Å²) in [6.45, 7) is 7.67. The van der Waals surface area contributed by atoms with Gasteiger partial charge in [0.15, 0.2) is 5.78 Å². The number of likely N-dealkylation sites (tertiary alicyclic amines) is 2.